The fraction of sp³-hybridized carbons (Fsp3) is 0.318. The van der Waals surface area contributed by atoms with Gasteiger partial charge in [0.25, 0.3) is 6.47 Å². The summed E-state index contributed by atoms with van der Waals surface area (Å²) in [5.41, 5.74) is 1.36. The summed E-state index contributed by atoms with van der Waals surface area (Å²) in [5.74, 6) is -0.695. The van der Waals surface area contributed by atoms with Crippen molar-refractivity contribution in [1.82, 2.24) is 9.80 Å². The highest BCUT2D eigenvalue weighted by molar-refractivity contribution is 5.95. The molecule has 7 nitrogen and oxygen atoms in total. The van der Waals surface area contributed by atoms with Crippen molar-refractivity contribution >= 4 is 18.3 Å². The number of carboxylic acid groups (broad SMARTS) is 1. The summed E-state index contributed by atoms with van der Waals surface area (Å²) in [6.45, 7) is 0.541. The number of benzene rings is 2. The van der Waals surface area contributed by atoms with E-state index in [1.165, 1.54) is 15.9 Å². The van der Waals surface area contributed by atoms with Crippen LogP contribution in [0.5, 0.6) is 0 Å². The number of ether oxygens (including phenoxy) is 1. The molecule has 0 radical (unpaired) electrons. The maximum absolute atomic E-state index is 14.1. The molecule has 1 aliphatic heterocycles. The first-order chi connectivity index (χ1) is 14.5. The summed E-state index contributed by atoms with van der Waals surface area (Å²) in [5, 5.41) is 6.89. The first-order valence-electron chi connectivity index (χ1n) is 9.44. The predicted octanol–water partition coefficient (Wildman–Crippen LogP) is 1.95. The molecule has 0 saturated carbocycles. The van der Waals surface area contributed by atoms with E-state index in [2.05, 4.69) is 0 Å². The van der Waals surface area contributed by atoms with E-state index in [-0.39, 0.29) is 37.2 Å². The molecule has 2 amide bonds. The lowest BCUT2D eigenvalue weighted by Crippen LogP contribution is -2.60. The van der Waals surface area contributed by atoms with Gasteiger partial charge in [0.05, 0.1) is 13.2 Å². The normalized spacial score (nSPS) is 16.1. The van der Waals surface area contributed by atoms with Crippen molar-refractivity contribution in [1.29, 1.82) is 0 Å². The third-order valence-corrected chi connectivity index (χ3v) is 4.76. The maximum atomic E-state index is 14.1. The van der Waals surface area contributed by atoms with Crippen LogP contribution in [0.4, 0.5) is 4.39 Å². The topological polar surface area (TPSA) is 87.2 Å². The highest BCUT2D eigenvalue weighted by Gasteiger charge is 2.39. The molecule has 1 heterocycles. The van der Waals surface area contributed by atoms with Gasteiger partial charge < -0.3 is 19.6 Å². The van der Waals surface area contributed by atoms with E-state index in [9.17, 15) is 14.0 Å². The Bertz CT molecular complexity index is 846. The molecular weight excluding hydrogens is 391 g/mol. The van der Waals surface area contributed by atoms with Gasteiger partial charge in [0, 0.05) is 32.2 Å². The van der Waals surface area contributed by atoms with Gasteiger partial charge in [-0.1, -0.05) is 48.5 Å². The van der Waals surface area contributed by atoms with Gasteiger partial charge in [-0.3, -0.25) is 14.4 Å². The van der Waals surface area contributed by atoms with Crippen LogP contribution in [0.3, 0.4) is 0 Å². The number of carbonyl (C=O) groups excluding carboxylic acids is 2. The van der Waals surface area contributed by atoms with E-state index in [1.54, 1.807) is 25.3 Å². The van der Waals surface area contributed by atoms with Gasteiger partial charge in [0.1, 0.15) is 11.9 Å². The van der Waals surface area contributed by atoms with Crippen LogP contribution in [0.25, 0.3) is 0 Å². The molecule has 1 aliphatic rings. The Labute approximate surface area is 174 Å². The van der Waals surface area contributed by atoms with Gasteiger partial charge in [-0.05, 0) is 11.6 Å². The van der Waals surface area contributed by atoms with Gasteiger partial charge >= 0.3 is 0 Å². The molecule has 1 atom stereocenters. The number of halogens is 1. The van der Waals surface area contributed by atoms with Gasteiger partial charge in [-0.15, -0.1) is 0 Å². The number of hydrogen-bond acceptors (Lipinski definition) is 4. The van der Waals surface area contributed by atoms with Crippen molar-refractivity contribution in [3.05, 3.63) is 71.5 Å². The number of hydrogen-bond donors (Lipinski definition) is 1. The van der Waals surface area contributed by atoms with Crippen LogP contribution in [0.15, 0.2) is 54.6 Å². The molecule has 1 fully saturated rings. The zero-order valence-electron chi connectivity index (χ0n) is 16.7. The van der Waals surface area contributed by atoms with Gasteiger partial charge in [0.15, 0.2) is 0 Å². The van der Waals surface area contributed by atoms with Crippen LogP contribution < -0.4 is 0 Å². The Morgan fingerprint density at radius 2 is 1.77 bits per heavy atom. The summed E-state index contributed by atoms with van der Waals surface area (Å²) in [6.07, 6.45) is 0.392. The second-order valence-corrected chi connectivity index (χ2v) is 6.68. The van der Waals surface area contributed by atoms with Crippen molar-refractivity contribution in [2.45, 2.75) is 19.0 Å². The molecule has 8 heteroatoms. The molecule has 2 aromatic carbocycles. The quantitative estimate of drug-likeness (QED) is 0.698. The Hall–Kier alpha value is -3.26. The van der Waals surface area contributed by atoms with E-state index in [1.807, 2.05) is 30.3 Å². The summed E-state index contributed by atoms with van der Waals surface area (Å²) in [7, 11) is 1.56. The Morgan fingerprint density at radius 1 is 1.13 bits per heavy atom. The molecule has 3 rings (SSSR count). The van der Waals surface area contributed by atoms with Crippen LogP contribution in [0.1, 0.15) is 11.1 Å². The predicted molar refractivity (Wildman–Crippen MR) is 108 cm³/mol. The molecule has 0 aliphatic carbocycles. The minimum Gasteiger partial charge on any atom is -0.483 e. The number of nitrogens with zero attached hydrogens (tertiary/aromatic N) is 2. The Kier molecular flexibility index (Phi) is 8.96. The fourth-order valence-corrected chi connectivity index (χ4v) is 3.28. The number of methoxy groups -OCH3 is 1. The van der Waals surface area contributed by atoms with Crippen LogP contribution >= 0.6 is 0 Å². The lowest BCUT2D eigenvalue weighted by molar-refractivity contribution is -0.157. The molecule has 0 spiro atoms. The monoisotopic (exact) mass is 416 g/mol. The maximum Gasteiger partial charge on any atom is 0.290 e. The minimum atomic E-state index is -0.662. The average molecular weight is 416 g/mol. The van der Waals surface area contributed by atoms with Crippen LogP contribution in [0.2, 0.25) is 0 Å². The molecule has 30 heavy (non-hydrogen) atoms. The molecular formula is C22H25FN2O5. The van der Waals surface area contributed by atoms with Crippen LogP contribution in [0, 0.1) is 5.82 Å². The third-order valence-electron chi connectivity index (χ3n) is 4.76. The molecule has 0 aromatic heterocycles. The smallest absolute Gasteiger partial charge is 0.290 e. The average Bonchev–Trinajstić information content (AvgIpc) is 2.74. The van der Waals surface area contributed by atoms with Crippen molar-refractivity contribution < 1.29 is 28.6 Å². The van der Waals surface area contributed by atoms with Gasteiger partial charge in [-0.25, -0.2) is 4.39 Å². The SMILES string of the molecule is COCCN1CC(=O)N(Cc2ccccc2F)[C@H](Cc2ccccc2)C1=O.O=CO. The van der Waals surface area contributed by atoms with E-state index >= 15 is 0 Å². The first-order valence-corrected chi connectivity index (χ1v) is 9.44. The van der Waals surface area contributed by atoms with Crippen molar-refractivity contribution in [3.8, 4) is 0 Å². The van der Waals surface area contributed by atoms with Gasteiger partial charge in [-0.2, -0.15) is 0 Å². The van der Waals surface area contributed by atoms with Crippen molar-refractivity contribution in [2.24, 2.45) is 0 Å². The van der Waals surface area contributed by atoms with Crippen LogP contribution in [-0.4, -0.2) is 66.0 Å². The standard InChI is InChI=1S/C21H23FN2O3.CH2O2/c1-27-12-11-23-15-20(25)24(14-17-9-5-6-10-18(17)22)19(21(23)26)13-16-7-3-2-4-8-16;2-1-3/h2-10,19H,11-15H2,1H3;1H,(H,2,3)/t19-;/m1./s1. The lowest BCUT2D eigenvalue weighted by atomic mass is 10.00. The highest BCUT2D eigenvalue weighted by atomic mass is 19.1. The Morgan fingerprint density at radius 3 is 2.40 bits per heavy atom. The second kappa shape index (κ2) is 11.7. The molecule has 1 N–H and O–H groups in total. The van der Waals surface area contributed by atoms with E-state index in [4.69, 9.17) is 14.6 Å². The summed E-state index contributed by atoms with van der Waals surface area (Å²) >= 11 is 0. The molecule has 0 bridgehead atoms. The number of amides is 2. The second-order valence-electron chi connectivity index (χ2n) is 6.68. The first kappa shape index (κ1) is 23.0. The fourth-order valence-electron chi connectivity index (χ4n) is 3.28. The molecule has 1 saturated heterocycles. The summed E-state index contributed by atoms with van der Waals surface area (Å²) < 4.78 is 19.2. The van der Waals surface area contributed by atoms with E-state index in [0.29, 0.717) is 25.1 Å². The summed E-state index contributed by atoms with van der Waals surface area (Å²) in [6, 6.07) is 15.2. The number of piperazine rings is 1. The van der Waals surface area contributed by atoms with E-state index in [0.717, 1.165) is 5.56 Å². The zero-order valence-corrected chi connectivity index (χ0v) is 16.7. The minimum absolute atomic E-state index is 0.0120. The highest BCUT2D eigenvalue weighted by Crippen LogP contribution is 2.21. The molecule has 0 unspecified atom stereocenters. The van der Waals surface area contributed by atoms with Crippen molar-refractivity contribution in [3.63, 3.8) is 0 Å². The van der Waals surface area contributed by atoms with Crippen LogP contribution in [-0.2, 0) is 32.1 Å². The molecule has 160 valence electrons. The third kappa shape index (κ3) is 6.12. The zero-order chi connectivity index (χ0) is 21.9. The van der Waals surface area contributed by atoms with Crippen molar-refractivity contribution in [2.75, 3.05) is 26.8 Å². The summed E-state index contributed by atoms with van der Waals surface area (Å²) in [4.78, 5) is 37.2. The lowest BCUT2D eigenvalue weighted by Gasteiger charge is -2.40. The number of carbonyl (C=O) groups is 3. The van der Waals surface area contributed by atoms with E-state index < -0.39 is 6.04 Å². The Balaban J connectivity index is 0.00000101. The molecule has 2 aromatic rings. The van der Waals surface area contributed by atoms with Gasteiger partial charge in [0.2, 0.25) is 11.8 Å². The number of rotatable bonds is 7. The largest absolute Gasteiger partial charge is 0.483 e.